The number of hydrogen-bond donors (Lipinski definition) is 1. The van der Waals surface area contributed by atoms with E-state index in [1.807, 2.05) is 12.1 Å². The first-order valence-corrected chi connectivity index (χ1v) is 6.65. The van der Waals surface area contributed by atoms with Crippen LogP contribution in [0.25, 0.3) is 0 Å². The molecular formula is C15H21NO. The van der Waals surface area contributed by atoms with Crippen molar-refractivity contribution in [3.05, 3.63) is 35.4 Å². The summed E-state index contributed by atoms with van der Waals surface area (Å²) in [5.41, 5.74) is 2.17. The molecule has 92 valence electrons. The van der Waals surface area contributed by atoms with Gasteiger partial charge < -0.3 is 5.32 Å². The van der Waals surface area contributed by atoms with Crippen LogP contribution in [0.4, 0.5) is 0 Å². The highest BCUT2D eigenvalue weighted by molar-refractivity contribution is 5.98. The van der Waals surface area contributed by atoms with Crippen molar-refractivity contribution in [1.29, 1.82) is 0 Å². The fraction of sp³-hybridized carbons (Fsp3) is 0.533. The number of ketones is 1. The monoisotopic (exact) mass is 231 g/mol. The summed E-state index contributed by atoms with van der Waals surface area (Å²) in [7, 11) is 0. The van der Waals surface area contributed by atoms with Crippen molar-refractivity contribution in [1.82, 2.24) is 5.32 Å². The third-order valence-electron chi connectivity index (χ3n) is 3.42. The molecule has 1 aromatic rings. The second kappa shape index (κ2) is 5.97. The normalized spacial score (nSPS) is 20.2. The van der Waals surface area contributed by atoms with Gasteiger partial charge in [0.1, 0.15) is 0 Å². The molecule has 1 N–H and O–H groups in total. The molecule has 0 spiro atoms. The summed E-state index contributed by atoms with van der Waals surface area (Å²) in [4.78, 5) is 12.3. The molecule has 0 saturated carbocycles. The number of carbonyl (C=O) groups excluding carboxylic acids is 1. The Morgan fingerprint density at radius 3 is 3.06 bits per heavy atom. The average Bonchev–Trinajstić information content (AvgIpc) is 2.40. The summed E-state index contributed by atoms with van der Waals surface area (Å²) in [5, 5.41) is 3.30. The van der Waals surface area contributed by atoms with Gasteiger partial charge in [-0.15, -0.1) is 0 Å². The van der Waals surface area contributed by atoms with E-state index in [9.17, 15) is 4.79 Å². The molecule has 1 fully saturated rings. The standard InChI is InChI=1S/C15H21NO/c1-2-5-12-6-3-7-13(10-12)15(17)14-8-4-9-16-11-14/h3,6-7,10,14,16H,2,4-5,8-9,11H2,1H3. The van der Waals surface area contributed by atoms with Crippen LogP contribution in [-0.2, 0) is 6.42 Å². The average molecular weight is 231 g/mol. The molecule has 1 aliphatic rings. The summed E-state index contributed by atoms with van der Waals surface area (Å²) < 4.78 is 0. The van der Waals surface area contributed by atoms with Crippen molar-refractivity contribution >= 4 is 5.78 Å². The maximum absolute atomic E-state index is 12.3. The number of Topliss-reactive ketones (excluding diaryl/α,β-unsaturated/α-hetero) is 1. The number of hydrogen-bond acceptors (Lipinski definition) is 2. The predicted octanol–water partition coefficient (Wildman–Crippen LogP) is 2.82. The molecule has 0 aromatic heterocycles. The number of rotatable bonds is 4. The summed E-state index contributed by atoms with van der Waals surface area (Å²) in [5.74, 6) is 0.496. The fourth-order valence-electron chi connectivity index (χ4n) is 2.48. The lowest BCUT2D eigenvalue weighted by Gasteiger charge is -2.21. The van der Waals surface area contributed by atoms with Gasteiger partial charge in [0, 0.05) is 18.0 Å². The SMILES string of the molecule is CCCc1cccc(C(=O)C2CCCNC2)c1. The van der Waals surface area contributed by atoms with Gasteiger partial charge in [-0.25, -0.2) is 0 Å². The third-order valence-corrected chi connectivity index (χ3v) is 3.42. The van der Waals surface area contributed by atoms with E-state index in [4.69, 9.17) is 0 Å². The maximum atomic E-state index is 12.3. The molecule has 17 heavy (non-hydrogen) atoms. The quantitative estimate of drug-likeness (QED) is 0.807. The van der Waals surface area contributed by atoms with Crippen molar-refractivity contribution in [2.24, 2.45) is 5.92 Å². The van der Waals surface area contributed by atoms with Crippen LogP contribution in [0.5, 0.6) is 0 Å². The van der Waals surface area contributed by atoms with E-state index in [-0.39, 0.29) is 5.92 Å². The lowest BCUT2D eigenvalue weighted by Crippen LogP contribution is -2.34. The fourth-order valence-corrected chi connectivity index (χ4v) is 2.48. The Labute approximate surface area is 103 Å². The first kappa shape index (κ1) is 12.3. The molecule has 2 nitrogen and oxygen atoms in total. The van der Waals surface area contributed by atoms with Gasteiger partial charge >= 0.3 is 0 Å². The van der Waals surface area contributed by atoms with Crippen LogP contribution in [0.3, 0.4) is 0 Å². The molecular weight excluding hydrogens is 210 g/mol. The molecule has 1 atom stereocenters. The van der Waals surface area contributed by atoms with Gasteiger partial charge in [0.2, 0.25) is 0 Å². The maximum Gasteiger partial charge on any atom is 0.167 e. The zero-order valence-corrected chi connectivity index (χ0v) is 10.5. The molecule has 1 unspecified atom stereocenters. The molecule has 1 aliphatic heterocycles. The second-order valence-electron chi connectivity index (χ2n) is 4.86. The molecule has 0 amide bonds. The number of aryl methyl sites for hydroxylation is 1. The summed E-state index contributed by atoms with van der Waals surface area (Å²) in [6.45, 7) is 4.07. The molecule has 0 aliphatic carbocycles. The van der Waals surface area contributed by atoms with E-state index >= 15 is 0 Å². The minimum Gasteiger partial charge on any atom is -0.316 e. The molecule has 1 heterocycles. The molecule has 0 radical (unpaired) electrons. The number of nitrogens with one attached hydrogen (secondary N) is 1. The second-order valence-corrected chi connectivity index (χ2v) is 4.86. The van der Waals surface area contributed by atoms with Gasteiger partial charge in [-0.3, -0.25) is 4.79 Å². The minimum absolute atomic E-state index is 0.181. The predicted molar refractivity (Wildman–Crippen MR) is 70.4 cm³/mol. The Morgan fingerprint density at radius 1 is 1.47 bits per heavy atom. The molecule has 1 saturated heterocycles. The number of benzene rings is 1. The highest BCUT2D eigenvalue weighted by Gasteiger charge is 2.21. The Balaban J connectivity index is 2.09. The van der Waals surface area contributed by atoms with Gasteiger partial charge in [-0.2, -0.15) is 0 Å². The van der Waals surface area contributed by atoms with Crippen molar-refractivity contribution in [3.63, 3.8) is 0 Å². The number of piperidine rings is 1. The van der Waals surface area contributed by atoms with Crippen molar-refractivity contribution in [2.75, 3.05) is 13.1 Å². The van der Waals surface area contributed by atoms with Crippen LogP contribution >= 0.6 is 0 Å². The van der Waals surface area contributed by atoms with Crippen LogP contribution in [0.2, 0.25) is 0 Å². The van der Waals surface area contributed by atoms with Crippen molar-refractivity contribution in [3.8, 4) is 0 Å². The van der Waals surface area contributed by atoms with Crippen LogP contribution < -0.4 is 5.32 Å². The zero-order chi connectivity index (χ0) is 12.1. The van der Waals surface area contributed by atoms with Gasteiger partial charge in [-0.05, 0) is 37.4 Å². The van der Waals surface area contributed by atoms with Gasteiger partial charge in [-0.1, -0.05) is 31.5 Å². The van der Waals surface area contributed by atoms with Crippen LogP contribution in [-0.4, -0.2) is 18.9 Å². The lowest BCUT2D eigenvalue weighted by atomic mass is 9.90. The topological polar surface area (TPSA) is 29.1 Å². The smallest absolute Gasteiger partial charge is 0.167 e. The Bertz CT molecular complexity index is 380. The van der Waals surface area contributed by atoms with E-state index in [2.05, 4.69) is 24.4 Å². The van der Waals surface area contributed by atoms with Gasteiger partial charge in [0.05, 0.1) is 0 Å². The largest absolute Gasteiger partial charge is 0.316 e. The first-order chi connectivity index (χ1) is 8.31. The van der Waals surface area contributed by atoms with Crippen LogP contribution in [0.15, 0.2) is 24.3 Å². The van der Waals surface area contributed by atoms with E-state index in [1.165, 1.54) is 5.56 Å². The van der Waals surface area contributed by atoms with Gasteiger partial charge in [0.25, 0.3) is 0 Å². The number of carbonyl (C=O) groups is 1. The third kappa shape index (κ3) is 3.16. The van der Waals surface area contributed by atoms with E-state index in [0.29, 0.717) is 5.78 Å². The Hall–Kier alpha value is -1.15. The zero-order valence-electron chi connectivity index (χ0n) is 10.5. The van der Waals surface area contributed by atoms with E-state index in [1.54, 1.807) is 0 Å². The van der Waals surface area contributed by atoms with Crippen molar-refractivity contribution in [2.45, 2.75) is 32.6 Å². The summed E-state index contributed by atoms with van der Waals surface area (Å²) in [6.07, 6.45) is 4.33. The van der Waals surface area contributed by atoms with Crippen LogP contribution in [0.1, 0.15) is 42.1 Å². The van der Waals surface area contributed by atoms with E-state index in [0.717, 1.165) is 44.3 Å². The lowest BCUT2D eigenvalue weighted by molar-refractivity contribution is 0.0899. The molecule has 1 aromatic carbocycles. The summed E-state index contributed by atoms with van der Waals surface area (Å²) >= 11 is 0. The molecule has 0 bridgehead atoms. The summed E-state index contributed by atoms with van der Waals surface area (Å²) in [6, 6.07) is 8.14. The highest BCUT2D eigenvalue weighted by Crippen LogP contribution is 2.18. The Kier molecular flexibility index (Phi) is 4.32. The first-order valence-electron chi connectivity index (χ1n) is 6.65. The molecule has 2 heteroatoms. The van der Waals surface area contributed by atoms with Crippen LogP contribution in [0, 0.1) is 5.92 Å². The molecule has 2 rings (SSSR count). The van der Waals surface area contributed by atoms with E-state index < -0.39 is 0 Å². The van der Waals surface area contributed by atoms with Crippen molar-refractivity contribution < 1.29 is 4.79 Å². The highest BCUT2D eigenvalue weighted by atomic mass is 16.1. The minimum atomic E-state index is 0.181. The van der Waals surface area contributed by atoms with Gasteiger partial charge in [0.15, 0.2) is 5.78 Å². The Morgan fingerprint density at radius 2 is 2.35 bits per heavy atom.